The maximum atomic E-state index is 12.6. The van der Waals surface area contributed by atoms with Crippen molar-refractivity contribution < 1.29 is 14.4 Å². The molecule has 0 aromatic rings. The highest BCUT2D eigenvalue weighted by atomic mass is 16.2. The molecule has 3 atom stereocenters. The maximum absolute atomic E-state index is 12.6. The third-order valence-corrected chi connectivity index (χ3v) is 4.44. The summed E-state index contributed by atoms with van der Waals surface area (Å²) in [6.07, 6.45) is 0.493. The summed E-state index contributed by atoms with van der Waals surface area (Å²) in [6, 6.07) is -1.19. The molecule has 3 aliphatic heterocycles. The van der Waals surface area contributed by atoms with Gasteiger partial charge in [0, 0.05) is 32.2 Å². The second-order valence-corrected chi connectivity index (χ2v) is 6.46. The Bertz CT molecular complexity index is 463. The van der Waals surface area contributed by atoms with Crippen LogP contribution in [0.2, 0.25) is 0 Å². The Balaban J connectivity index is 1.67. The van der Waals surface area contributed by atoms with Gasteiger partial charge in [0.15, 0.2) is 0 Å². The molecule has 0 bridgehead atoms. The normalized spacial score (nSPS) is 31.1. The molecule has 3 rings (SSSR count). The Hall–Kier alpha value is -1.83. The minimum atomic E-state index is -0.425. The number of fused-ring (bicyclic) bond motifs is 2. The van der Waals surface area contributed by atoms with Crippen molar-refractivity contribution in [1.29, 1.82) is 0 Å². The van der Waals surface area contributed by atoms with Crippen LogP contribution in [-0.4, -0.2) is 78.0 Å². The number of amides is 4. The minimum absolute atomic E-state index is 0.00892. The monoisotopic (exact) mass is 309 g/mol. The lowest BCUT2D eigenvalue weighted by molar-refractivity contribution is -0.160. The summed E-state index contributed by atoms with van der Waals surface area (Å²) < 4.78 is 0. The van der Waals surface area contributed by atoms with Gasteiger partial charge >= 0.3 is 6.03 Å². The molecule has 3 N–H and O–H groups in total. The van der Waals surface area contributed by atoms with Crippen LogP contribution in [0.1, 0.15) is 20.3 Å². The van der Waals surface area contributed by atoms with Gasteiger partial charge in [-0.05, 0) is 20.3 Å². The highest BCUT2D eigenvalue weighted by molar-refractivity contribution is 5.98. The van der Waals surface area contributed by atoms with Crippen LogP contribution in [0.25, 0.3) is 0 Å². The Morgan fingerprint density at radius 3 is 2.68 bits per heavy atom. The zero-order chi connectivity index (χ0) is 15.9. The lowest BCUT2D eigenvalue weighted by Crippen LogP contribution is -2.68. The molecule has 8 nitrogen and oxygen atoms in total. The van der Waals surface area contributed by atoms with Crippen molar-refractivity contribution in [2.45, 2.75) is 44.4 Å². The summed E-state index contributed by atoms with van der Waals surface area (Å²) >= 11 is 0. The van der Waals surface area contributed by atoms with Gasteiger partial charge in [-0.15, -0.1) is 0 Å². The first-order chi connectivity index (χ1) is 10.5. The molecule has 0 spiro atoms. The van der Waals surface area contributed by atoms with E-state index in [9.17, 15) is 14.4 Å². The zero-order valence-electron chi connectivity index (χ0n) is 13.0. The van der Waals surface area contributed by atoms with Crippen molar-refractivity contribution in [2.75, 3.05) is 26.2 Å². The first kappa shape index (κ1) is 15.1. The predicted molar refractivity (Wildman–Crippen MR) is 79.1 cm³/mol. The Kier molecular flexibility index (Phi) is 3.94. The van der Waals surface area contributed by atoms with E-state index in [1.807, 2.05) is 13.8 Å². The molecule has 0 unspecified atom stereocenters. The van der Waals surface area contributed by atoms with Gasteiger partial charge in [0.05, 0.1) is 6.04 Å². The third-order valence-electron chi connectivity index (χ3n) is 4.44. The third kappa shape index (κ3) is 2.63. The van der Waals surface area contributed by atoms with E-state index in [1.54, 1.807) is 9.80 Å². The first-order valence-corrected chi connectivity index (χ1v) is 7.86. The van der Waals surface area contributed by atoms with Crippen LogP contribution in [-0.2, 0) is 9.59 Å². The lowest BCUT2D eigenvalue weighted by atomic mass is 10.0. The van der Waals surface area contributed by atoms with E-state index in [4.69, 9.17) is 0 Å². The Morgan fingerprint density at radius 2 is 1.95 bits per heavy atom. The molecule has 3 saturated heterocycles. The highest BCUT2D eigenvalue weighted by Gasteiger charge is 2.50. The van der Waals surface area contributed by atoms with Gasteiger partial charge < -0.3 is 25.8 Å². The molecule has 22 heavy (non-hydrogen) atoms. The number of carbonyl (C=O) groups excluding carboxylic acids is 3. The summed E-state index contributed by atoms with van der Waals surface area (Å²) in [5.74, 6) is 0.00466. The molecule has 0 aromatic heterocycles. The number of urea groups is 1. The quantitative estimate of drug-likeness (QED) is 0.577. The number of hydrogen-bond donors (Lipinski definition) is 3. The molecule has 3 heterocycles. The molecule has 0 saturated carbocycles. The molecule has 0 aromatic carbocycles. The Labute approximate surface area is 129 Å². The maximum Gasteiger partial charge on any atom is 0.315 e. The number of nitrogens with one attached hydrogen (secondary N) is 3. The topological polar surface area (TPSA) is 93.8 Å². The fraction of sp³-hybridized carbons (Fsp3) is 0.786. The van der Waals surface area contributed by atoms with Crippen LogP contribution < -0.4 is 16.0 Å². The highest BCUT2D eigenvalue weighted by Crippen LogP contribution is 2.27. The van der Waals surface area contributed by atoms with E-state index in [0.29, 0.717) is 26.1 Å². The van der Waals surface area contributed by atoms with E-state index in [2.05, 4.69) is 16.0 Å². The van der Waals surface area contributed by atoms with Gasteiger partial charge in [-0.2, -0.15) is 0 Å². The summed E-state index contributed by atoms with van der Waals surface area (Å²) in [5.41, 5.74) is 0. The molecular weight excluding hydrogens is 286 g/mol. The smallest absolute Gasteiger partial charge is 0.315 e. The van der Waals surface area contributed by atoms with E-state index in [1.165, 1.54) is 0 Å². The molecule has 0 radical (unpaired) electrons. The molecule has 8 heteroatoms. The Morgan fingerprint density at radius 1 is 1.23 bits per heavy atom. The van der Waals surface area contributed by atoms with Crippen molar-refractivity contribution in [1.82, 2.24) is 25.8 Å². The van der Waals surface area contributed by atoms with Crippen LogP contribution in [0.15, 0.2) is 0 Å². The van der Waals surface area contributed by atoms with Crippen molar-refractivity contribution in [3.05, 3.63) is 0 Å². The number of hydrogen-bond acceptors (Lipinski definition) is 4. The van der Waals surface area contributed by atoms with E-state index < -0.39 is 6.04 Å². The molecule has 3 aliphatic rings. The van der Waals surface area contributed by atoms with Gasteiger partial charge in [0.25, 0.3) is 0 Å². The van der Waals surface area contributed by atoms with Crippen molar-refractivity contribution in [3.8, 4) is 0 Å². The van der Waals surface area contributed by atoms with E-state index >= 15 is 0 Å². The van der Waals surface area contributed by atoms with Crippen LogP contribution in [0, 0.1) is 0 Å². The second-order valence-electron chi connectivity index (χ2n) is 6.46. The SMILES string of the molecule is CC(C)NC(=O)N[C@H]1C[C@H]2C(=O)N3CCNC[C@H]3C(=O)N2C1. The lowest BCUT2D eigenvalue weighted by Gasteiger charge is -2.44. The summed E-state index contributed by atoms with van der Waals surface area (Å²) in [6.45, 7) is 5.99. The first-order valence-electron chi connectivity index (χ1n) is 7.86. The average Bonchev–Trinajstić information content (AvgIpc) is 2.88. The van der Waals surface area contributed by atoms with Crippen LogP contribution in [0.4, 0.5) is 4.79 Å². The van der Waals surface area contributed by atoms with Crippen LogP contribution in [0.5, 0.6) is 0 Å². The predicted octanol–water partition coefficient (Wildman–Crippen LogP) is -1.52. The van der Waals surface area contributed by atoms with Gasteiger partial charge in [0.1, 0.15) is 12.1 Å². The van der Waals surface area contributed by atoms with Gasteiger partial charge in [-0.1, -0.05) is 0 Å². The molecular formula is C14H23N5O3. The molecule has 3 fully saturated rings. The fourth-order valence-electron chi connectivity index (χ4n) is 3.48. The number of piperazine rings is 2. The van der Waals surface area contributed by atoms with Crippen LogP contribution >= 0.6 is 0 Å². The summed E-state index contributed by atoms with van der Waals surface area (Å²) in [4.78, 5) is 40.3. The molecule has 0 aliphatic carbocycles. The van der Waals surface area contributed by atoms with E-state index in [0.717, 1.165) is 6.54 Å². The zero-order valence-corrected chi connectivity index (χ0v) is 13.0. The molecule has 4 amide bonds. The van der Waals surface area contributed by atoms with Crippen LogP contribution in [0.3, 0.4) is 0 Å². The van der Waals surface area contributed by atoms with Crippen molar-refractivity contribution in [3.63, 3.8) is 0 Å². The standard InChI is InChI=1S/C14H23N5O3/c1-8(2)16-14(22)17-9-5-10-12(20)18-4-3-15-6-11(18)13(21)19(10)7-9/h8-11,15H,3-7H2,1-2H3,(H2,16,17,22)/t9-,10-,11-/m0/s1. The largest absolute Gasteiger partial charge is 0.336 e. The summed E-state index contributed by atoms with van der Waals surface area (Å²) in [5, 5.41) is 8.78. The van der Waals surface area contributed by atoms with Gasteiger partial charge in [0.2, 0.25) is 11.8 Å². The van der Waals surface area contributed by atoms with E-state index in [-0.39, 0.29) is 36.0 Å². The minimum Gasteiger partial charge on any atom is -0.336 e. The van der Waals surface area contributed by atoms with Crippen molar-refractivity contribution in [2.24, 2.45) is 0 Å². The fourth-order valence-corrected chi connectivity index (χ4v) is 3.48. The number of carbonyl (C=O) groups is 3. The summed E-state index contributed by atoms with van der Waals surface area (Å²) in [7, 11) is 0. The number of nitrogens with zero attached hydrogens (tertiary/aromatic N) is 2. The second kappa shape index (κ2) is 5.75. The van der Waals surface area contributed by atoms with Gasteiger partial charge in [-0.3, -0.25) is 9.59 Å². The number of rotatable bonds is 2. The van der Waals surface area contributed by atoms with Gasteiger partial charge in [-0.25, -0.2) is 4.79 Å². The van der Waals surface area contributed by atoms with Crippen molar-refractivity contribution >= 4 is 17.8 Å². The molecule has 122 valence electrons. The average molecular weight is 309 g/mol.